The third-order valence-corrected chi connectivity index (χ3v) is 7.80. The predicted molar refractivity (Wildman–Crippen MR) is 154 cm³/mol. The summed E-state index contributed by atoms with van der Waals surface area (Å²) in [7, 11) is 3.21. The first-order valence-corrected chi connectivity index (χ1v) is 13.9. The van der Waals surface area contributed by atoms with E-state index in [4.69, 9.17) is 42.5 Å². The van der Waals surface area contributed by atoms with Crippen molar-refractivity contribution in [3.63, 3.8) is 0 Å². The molecule has 1 aliphatic rings. The van der Waals surface area contributed by atoms with Crippen molar-refractivity contribution in [3.05, 3.63) is 74.5 Å². The summed E-state index contributed by atoms with van der Waals surface area (Å²) < 4.78 is 17.8. The maximum absolute atomic E-state index is 13.4. The van der Waals surface area contributed by atoms with Crippen LogP contribution in [0.4, 0.5) is 0 Å². The van der Waals surface area contributed by atoms with E-state index in [0.29, 0.717) is 57.9 Å². The molecule has 214 valence electrons. The minimum atomic E-state index is -0.458. The van der Waals surface area contributed by atoms with E-state index in [0.717, 1.165) is 11.3 Å². The Bertz CT molecular complexity index is 1390. The number of rotatable bonds is 10. The van der Waals surface area contributed by atoms with Gasteiger partial charge >= 0.3 is 5.97 Å². The van der Waals surface area contributed by atoms with Gasteiger partial charge in [-0.1, -0.05) is 29.3 Å². The van der Waals surface area contributed by atoms with Crippen LogP contribution in [-0.4, -0.2) is 60.0 Å². The van der Waals surface area contributed by atoms with E-state index < -0.39 is 5.97 Å². The van der Waals surface area contributed by atoms with Crippen LogP contribution >= 0.6 is 23.2 Å². The molecule has 0 saturated heterocycles. The van der Waals surface area contributed by atoms with Crippen molar-refractivity contribution in [2.75, 3.05) is 27.4 Å². The monoisotopic (exact) mass is 588 g/mol. The number of halogens is 2. The number of ether oxygens (including phenoxy) is 3. The highest BCUT2D eigenvalue weighted by molar-refractivity contribution is 6.42. The number of carbonyl (C=O) groups excluding carboxylic acids is 2. The Labute approximate surface area is 244 Å². The molecule has 1 N–H and O–H groups in total. The Hall–Kier alpha value is -3.27. The molecule has 0 saturated carbocycles. The summed E-state index contributed by atoms with van der Waals surface area (Å²) in [5.41, 5.74) is 3.34. The lowest BCUT2D eigenvalue weighted by Crippen LogP contribution is -2.42. The number of hydrogen-bond acceptors (Lipinski definition) is 7. The fourth-order valence-electron chi connectivity index (χ4n) is 4.88. The first-order valence-electron chi connectivity index (χ1n) is 13.1. The highest BCUT2D eigenvalue weighted by atomic mass is 35.5. The van der Waals surface area contributed by atoms with Gasteiger partial charge in [-0.05, 0) is 56.7 Å². The molecule has 4 rings (SSSR count). The predicted octanol–water partition coefficient (Wildman–Crippen LogP) is 5.32. The molecule has 0 spiro atoms. The van der Waals surface area contributed by atoms with Gasteiger partial charge in [-0.15, -0.1) is 0 Å². The SMILES string of the molecule is CCOC(=O)c1c2c(nn1CCNC(C)c1ccc(OC)c(OC)c1)C[C@@H](C)N(C(=O)c1ccc(Cl)c(Cl)c1)C2. The molecule has 9 nitrogen and oxygen atoms in total. The lowest BCUT2D eigenvalue weighted by molar-refractivity contribution is 0.0502. The van der Waals surface area contributed by atoms with Crippen LogP contribution in [0.3, 0.4) is 0 Å². The number of carbonyl (C=O) groups is 2. The number of nitrogens with one attached hydrogen (secondary N) is 1. The number of aromatic nitrogens is 2. The van der Waals surface area contributed by atoms with Crippen molar-refractivity contribution >= 4 is 35.1 Å². The summed E-state index contributed by atoms with van der Waals surface area (Å²) in [5, 5.41) is 8.96. The highest BCUT2D eigenvalue weighted by Gasteiger charge is 2.35. The summed E-state index contributed by atoms with van der Waals surface area (Å²) in [6, 6.07) is 10.5. The molecule has 2 aromatic carbocycles. The van der Waals surface area contributed by atoms with Crippen LogP contribution < -0.4 is 14.8 Å². The summed E-state index contributed by atoms with van der Waals surface area (Å²) in [4.78, 5) is 28.2. The second-order valence-corrected chi connectivity index (χ2v) is 10.4. The second kappa shape index (κ2) is 12.9. The van der Waals surface area contributed by atoms with E-state index in [1.807, 2.05) is 25.1 Å². The summed E-state index contributed by atoms with van der Waals surface area (Å²) in [5.74, 6) is 0.679. The van der Waals surface area contributed by atoms with Crippen LogP contribution in [0, 0.1) is 0 Å². The minimum Gasteiger partial charge on any atom is -0.493 e. The van der Waals surface area contributed by atoms with Gasteiger partial charge in [0, 0.05) is 36.2 Å². The van der Waals surface area contributed by atoms with Crippen molar-refractivity contribution in [2.45, 2.75) is 52.4 Å². The molecule has 1 aromatic heterocycles. The van der Waals surface area contributed by atoms with Crippen molar-refractivity contribution in [1.29, 1.82) is 0 Å². The number of hydrogen-bond donors (Lipinski definition) is 1. The molecule has 40 heavy (non-hydrogen) atoms. The zero-order chi connectivity index (χ0) is 29.0. The molecule has 2 atom stereocenters. The van der Waals surface area contributed by atoms with Crippen molar-refractivity contribution in [2.24, 2.45) is 0 Å². The van der Waals surface area contributed by atoms with Crippen LogP contribution in [0.2, 0.25) is 10.0 Å². The van der Waals surface area contributed by atoms with Crippen molar-refractivity contribution in [3.8, 4) is 11.5 Å². The number of esters is 1. The standard InChI is InChI=1S/C29H34Cl2N4O5/c1-6-40-29(37)27-21-16-34(28(36)20-7-9-22(30)23(31)14-20)17(2)13-24(21)33-35(27)12-11-32-18(3)19-8-10-25(38-4)26(15-19)39-5/h7-10,14-15,17-18,32H,6,11-13,16H2,1-5H3/t17-,18?/m1/s1. The molecule has 1 aliphatic heterocycles. The van der Waals surface area contributed by atoms with E-state index in [9.17, 15) is 9.59 Å². The Kier molecular flexibility index (Phi) is 9.60. The van der Waals surface area contributed by atoms with Gasteiger partial charge in [-0.3, -0.25) is 9.48 Å². The van der Waals surface area contributed by atoms with Gasteiger partial charge in [0.1, 0.15) is 0 Å². The Morgan fingerprint density at radius 2 is 1.85 bits per heavy atom. The average Bonchev–Trinajstić information content (AvgIpc) is 3.30. The second-order valence-electron chi connectivity index (χ2n) is 9.62. The van der Waals surface area contributed by atoms with Crippen LogP contribution in [0.5, 0.6) is 11.5 Å². The summed E-state index contributed by atoms with van der Waals surface area (Å²) >= 11 is 12.2. The van der Waals surface area contributed by atoms with Crippen molar-refractivity contribution in [1.82, 2.24) is 20.0 Å². The minimum absolute atomic E-state index is 0.00960. The van der Waals surface area contributed by atoms with Gasteiger partial charge in [-0.25, -0.2) is 4.79 Å². The van der Waals surface area contributed by atoms with Crippen LogP contribution in [0.25, 0.3) is 0 Å². The molecule has 2 heterocycles. The lowest BCUT2D eigenvalue weighted by atomic mass is 9.98. The zero-order valence-corrected chi connectivity index (χ0v) is 24.8. The smallest absolute Gasteiger partial charge is 0.356 e. The summed E-state index contributed by atoms with van der Waals surface area (Å²) in [6.07, 6.45) is 0.511. The zero-order valence-electron chi connectivity index (χ0n) is 23.3. The normalized spacial score (nSPS) is 15.4. The summed E-state index contributed by atoms with van der Waals surface area (Å²) in [6.45, 7) is 7.23. The maximum Gasteiger partial charge on any atom is 0.356 e. The number of methoxy groups -OCH3 is 2. The molecule has 0 fully saturated rings. The largest absolute Gasteiger partial charge is 0.493 e. The van der Waals surface area contributed by atoms with Crippen LogP contribution in [0.15, 0.2) is 36.4 Å². The van der Waals surface area contributed by atoms with E-state index in [-0.39, 0.29) is 31.1 Å². The third kappa shape index (κ3) is 6.22. The molecular formula is C29H34Cl2N4O5. The number of fused-ring (bicyclic) bond motifs is 1. The molecule has 0 aliphatic carbocycles. The average molecular weight is 590 g/mol. The van der Waals surface area contributed by atoms with Gasteiger partial charge in [0.05, 0.1) is 49.7 Å². The topological polar surface area (TPSA) is 94.9 Å². The Balaban J connectivity index is 1.54. The van der Waals surface area contributed by atoms with E-state index in [1.165, 1.54) is 0 Å². The maximum atomic E-state index is 13.4. The van der Waals surface area contributed by atoms with E-state index >= 15 is 0 Å². The van der Waals surface area contributed by atoms with Crippen molar-refractivity contribution < 1.29 is 23.8 Å². The van der Waals surface area contributed by atoms with Gasteiger partial charge in [0.15, 0.2) is 17.2 Å². The fraction of sp³-hybridized carbons (Fsp3) is 0.414. The Morgan fingerprint density at radius 3 is 2.52 bits per heavy atom. The molecule has 11 heteroatoms. The fourth-order valence-corrected chi connectivity index (χ4v) is 5.18. The lowest BCUT2D eigenvalue weighted by Gasteiger charge is -2.33. The molecule has 1 unspecified atom stereocenters. The highest BCUT2D eigenvalue weighted by Crippen LogP contribution is 2.31. The van der Waals surface area contributed by atoms with Gasteiger partial charge < -0.3 is 24.4 Å². The first-order chi connectivity index (χ1) is 19.2. The van der Waals surface area contributed by atoms with Gasteiger partial charge in [0.2, 0.25) is 0 Å². The van der Waals surface area contributed by atoms with E-state index in [1.54, 1.807) is 48.9 Å². The van der Waals surface area contributed by atoms with Gasteiger partial charge in [-0.2, -0.15) is 5.10 Å². The molecular weight excluding hydrogens is 555 g/mol. The van der Waals surface area contributed by atoms with Crippen LogP contribution in [0.1, 0.15) is 64.5 Å². The Morgan fingerprint density at radius 1 is 1.10 bits per heavy atom. The van der Waals surface area contributed by atoms with Crippen LogP contribution in [-0.2, 0) is 24.2 Å². The first kappa shape index (κ1) is 29.7. The molecule has 0 bridgehead atoms. The number of benzene rings is 2. The molecule has 3 aromatic rings. The number of nitrogens with zero attached hydrogens (tertiary/aromatic N) is 3. The molecule has 0 radical (unpaired) electrons. The molecule has 1 amide bonds. The van der Waals surface area contributed by atoms with Gasteiger partial charge in [0.25, 0.3) is 5.91 Å². The third-order valence-electron chi connectivity index (χ3n) is 7.06. The quantitative estimate of drug-likeness (QED) is 0.320. The number of amides is 1. The van der Waals surface area contributed by atoms with E-state index in [2.05, 4.69) is 12.2 Å².